The first-order valence-electron chi connectivity index (χ1n) is 15.1. The molecule has 3 heteroatoms. The zero-order chi connectivity index (χ0) is 25.8. The van der Waals surface area contributed by atoms with E-state index in [0.29, 0.717) is 22.7 Å². The highest BCUT2D eigenvalue weighted by Crippen LogP contribution is 2.77. The summed E-state index contributed by atoms with van der Waals surface area (Å²) in [6, 6.07) is 0. The molecule has 0 aromatic rings. The van der Waals surface area contributed by atoms with Crippen molar-refractivity contribution in [2.24, 2.45) is 68.5 Å². The van der Waals surface area contributed by atoms with Gasteiger partial charge in [0.2, 0.25) is 0 Å². The van der Waals surface area contributed by atoms with Crippen LogP contribution >= 0.6 is 0 Å². The standard InChI is InChI=1S/C32H56O3/c1-19-11-13-29(5)15-16-30(6)22(26(29)20(19)2)9-10-25-31(30,7)14-12-24-28(3,4)17-21(23(34)18-33)27(35)32(24,25)8/h19-27,33-35H,9-18H2,1-8H3/t19-,20+,21?,22-,23?,24+,25+,26+,27?,29-,30-,31-,32+/m1/s1. The predicted molar refractivity (Wildman–Crippen MR) is 143 cm³/mol. The molecule has 5 aliphatic rings. The Morgan fingerprint density at radius 3 is 2.14 bits per heavy atom. The van der Waals surface area contributed by atoms with E-state index in [1.165, 1.54) is 51.4 Å². The van der Waals surface area contributed by atoms with Crippen molar-refractivity contribution in [2.45, 2.75) is 125 Å². The Morgan fingerprint density at radius 2 is 1.49 bits per heavy atom. The van der Waals surface area contributed by atoms with Gasteiger partial charge in [-0.3, -0.25) is 0 Å². The van der Waals surface area contributed by atoms with Gasteiger partial charge in [-0.25, -0.2) is 0 Å². The summed E-state index contributed by atoms with van der Waals surface area (Å²) in [6.07, 6.45) is 9.91. The van der Waals surface area contributed by atoms with Gasteiger partial charge in [-0.15, -0.1) is 0 Å². The van der Waals surface area contributed by atoms with Gasteiger partial charge >= 0.3 is 0 Å². The fourth-order valence-corrected chi connectivity index (χ4v) is 12.4. The smallest absolute Gasteiger partial charge is 0.0824 e. The first-order chi connectivity index (χ1) is 16.2. The molecule has 5 rings (SSSR count). The highest BCUT2D eigenvalue weighted by atomic mass is 16.3. The lowest BCUT2D eigenvalue weighted by atomic mass is 9.30. The molecule has 5 fully saturated rings. The van der Waals surface area contributed by atoms with Crippen molar-refractivity contribution >= 4 is 0 Å². The predicted octanol–water partition coefficient (Wildman–Crippen LogP) is 6.68. The molecule has 35 heavy (non-hydrogen) atoms. The van der Waals surface area contributed by atoms with E-state index in [0.717, 1.165) is 30.1 Å². The van der Waals surface area contributed by atoms with Gasteiger partial charge in [0.05, 0.1) is 18.8 Å². The molecule has 0 amide bonds. The summed E-state index contributed by atoms with van der Waals surface area (Å²) in [5.74, 6) is 3.94. The lowest BCUT2D eigenvalue weighted by Gasteiger charge is -2.74. The van der Waals surface area contributed by atoms with E-state index in [1.807, 2.05) is 0 Å². The molecule has 0 aliphatic heterocycles. The molecule has 5 saturated carbocycles. The van der Waals surface area contributed by atoms with Crippen LogP contribution in [0.15, 0.2) is 0 Å². The van der Waals surface area contributed by atoms with Crippen LogP contribution in [-0.4, -0.2) is 34.1 Å². The van der Waals surface area contributed by atoms with Crippen molar-refractivity contribution in [3.05, 3.63) is 0 Å². The molecule has 3 nitrogen and oxygen atoms in total. The molecule has 0 aromatic heterocycles. The highest BCUT2D eigenvalue weighted by Gasteiger charge is 2.71. The van der Waals surface area contributed by atoms with Crippen LogP contribution < -0.4 is 0 Å². The van der Waals surface area contributed by atoms with E-state index >= 15 is 0 Å². The van der Waals surface area contributed by atoms with E-state index in [4.69, 9.17) is 0 Å². The Morgan fingerprint density at radius 1 is 0.800 bits per heavy atom. The SMILES string of the molecule is C[C@@H]1[C@H]2[C@H]3CC[C@@H]4[C@@]5(C)C(O)C(C(O)CO)CC(C)(C)[C@@H]5CC[C@@]4(C)[C@]3(C)CC[C@@]2(C)CC[C@H]1C. The van der Waals surface area contributed by atoms with Gasteiger partial charge in [-0.1, -0.05) is 55.4 Å². The van der Waals surface area contributed by atoms with Crippen molar-refractivity contribution in [1.29, 1.82) is 0 Å². The van der Waals surface area contributed by atoms with Crippen LogP contribution in [0.4, 0.5) is 0 Å². The summed E-state index contributed by atoms with van der Waals surface area (Å²) in [5.41, 5.74) is 0.878. The molecule has 0 aromatic carbocycles. The molecular weight excluding hydrogens is 432 g/mol. The second-order valence-corrected chi connectivity index (χ2v) is 16.1. The zero-order valence-electron chi connectivity index (χ0n) is 24.1. The molecule has 202 valence electrons. The molecule has 13 atom stereocenters. The Hall–Kier alpha value is -0.120. The first-order valence-corrected chi connectivity index (χ1v) is 15.1. The van der Waals surface area contributed by atoms with E-state index in [9.17, 15) is 15.3 Å². The Balaban J connectivity index is 1.56. The van der Waals surface area contributed by atoms with Gasteiger partial charge in [0.25, 0.3) is 0 Å². The Bertz CT molecular complexity index is 824. The molecule has 0 heterocycles. The van der Waals surface area contributed by atoms with Gasteiger partial charge < -0.3 is 15.3 Å². The fraction of sp³-hybridized carbons (Fsp3) is 1.00. The van der Waals surface area contributed by atoms with Gasteiger partial charge in [-0.2, -0.15) is 0 Å². The summed E-state index contributed by atoms with van der Waals surface area (Å²) in [5, 5.41) is 32.7. The Kier molecular flexibility index (Phi) is 6.20. The molecule has 0 bridgehead atoms. The molecule has 0 spiro atoms. The number of rotatable bonds is 2. The van der Waals surface area contributed by atoms with Crippen LogP contribution in [0.25, 0.3) is 0 Å². The molecule has 0 saturated heterocycles. The summed E-state index contributed by atoms with van der Waals surface area (Å²) < 4.78 is 0. The maximum atomic E-state index is 12.0. The van der Waals surface area contributed by atoms with Gasteiger partial charge in [0.15, 0.2) is 0 Å². The molecule has 3 unspecified atom stereocenters. The maximum Gasteiger partial charge on any atom is 0.0824 e. The van der Waals surface area contributed by atoms with Gasteiger partial charge in [-0.05, 0) is 115 Å². The third-order valence-corrected chi connectivity index (χ3v) is 14.6. The number of hydrogen-bond donors (Lipinski definition) is 3. The third kappa shape index (κ3) is 3.32. The van der Waals surface area contributed by atoms with Gasteiger partial charge in [0.1, 0.15) is 0 Å². The second kappa shape index (κ2) is 8.19. The number of fused-ring (bicyclic) bond motifs is 7. The monoisotopic (exact) mass is 488 g/mol. The number of aliphatic hydroxyl groups excluding tert-OH is 3. The van der Waals surface area contributed by atoms with Crippen LogP contribution in [-0.2, 0) is 0 Å². The van der Waals surface area contributed by atoms with E-state index in [-0.39, 0.29) is 28.8 Å². The maximum absolute atomic E-state index is 12.0. The van der Waals surface area contributed by atoms with E-state index < -0.39 is 12.2 Å². The minimum absolute atomic E-state index is 0.0618. The van der Waals surface area contributed by atoms with Crippen molar-refractivity contribution in [3.63, 3.8) is 0 Å². The highest BCUT2D eigenvalue weighted by molar-refractivity contribution is 5.20. The quantitative estimate of drug-likeness (QED) is 0.406. The Labute approximate surface area is 215 Å². The summed E-state index contributed by atoms with van der Waals surface area (Å²) in [4.78, 5) is 0. The van der Waals surface area contributed by atoms with E-state index in [1.54, 1.807) is 0 Å². The molecule has 3 N–H and O–H groups in total. The third-order valence-electron chi connectivity index (χ3n) is 14.6. The van der Waals surface area contributed by atoms with Gasteiger partial charge in [0, 0.05) is 11.3 Å². The number of hydrogen-bond acceptors (Lipinski definition) is 3. The van der Waals surface area contributed by atoms with Crippen LogP contribution in [0.2, 0.25) is 0 Å². The van der Waals surface area contributed by atoms with E-state index in [2.05, 4.69) is 55.4 Å². The minimum atomic E-state index is -0.831. The zero-order valence-corrected chi connectivity index (χ0v) is 24.1. The molecule has 5 aliphatic carbocycles. The lowest BCUT2D eigenvalue weighted by molar-refractivity contribution is -0.281. The average molecular weight is 489 g/mol. The van der Waals surface area contributed by atoms with Crippen LogP contribution in [0.5, 0.6) is 0 Å². The van der Waals surface area contributed by atoms with Crippen LogP contribution in [0.3, 0.4) is 0 Å². The lowest BCUT2D eigenvalue weighted by Crippen LogP contribution is -2.70. The van der Waals surface area contributed by atoms with Crippen LogP contribution in [0.1, 0.15) is 113 Å². The average Bonchev–Trinajstić information content (AvgIpc) is 2.79. The second-order valence-electron chi connectivity index (χ2n) is 16.1. The molecule has 0 radical (unpaired) electrons. The largest absolute Gasteiger partial charge is 0.394 e. The summed E-state index contributed by atoms with van der Waals surface area (Å²) in [7, 11) is 0. The van der Waals surface area contributed by atoms with Crippen molar-refractivity contribution < 1.29 is 15.3 Å². The molecular formula is C32H56O3. The van der Waals surface area contributed by atoms with Crippen molar-refractivity contribution in [1.82, 2.24) is 0 Å². The topological polar surface area (TPSA) is 60.7 Å². The van der Waals surface area contributed by atoms with Crippen LogP contribution in [0, 0.1) is 68.5 Å². The normalized spacial score (nSPS) is 58.4. The summed E-state index contributed by atoms with van der Waals surface area (Å²) >= 11 is 0. The summed E-state index contributed by atoms with van der Waals surface area (Å²) in [6.45, 7) is 19.9. The minimum Gasteiger partial charge on any atom is -0.394 e. The first kappa shape index (κ1) is 26.5. The number of aliphatic hydroxyl groups is 3. The van der Waals surface area contributed by atoms with Crippen molar-refractivity contribution in [2.75, 3.05) is 6.61 Å². The van der Waals surface area contributed by atoms with Crippen molar-refractivity contribution in [3.8, 4) is 0 Å². The fourth-order valence-electron chi connectivity index (χ4n) is 12.4.